The molecule has 2 unspecified atom stereocenters. The van der Waals surface area contributed by atoms with E-state index in [-0.39, 0.29) is 45.9 Å². The molecule has 0 amide bonds. The average molecular weight is 445 g/mol. The topological polar surface area (TPSA) is 84.9 Å². The molecule has 2 rings (SSSR count). The van der Waals surface area contributed by atoms with Crippen LogP contribution in [-0.2, 0) is 18.6 Å². The molecule has 2 atom stereocenters. The van der Waals surface area contributed by atoms with Gasteiger partial charge in [0, 0.05) is 17.7 Å². The zero-order valence-electron chi connectivity index (χ0n) is 14.4. The van der Waals surface area contributed by atoms with E-state index in [2.05, 4.69) is 4.52 Å². The second-order valence-electron chi connectivity index (χ2n) is 4.98. The minimum absolute atomic E-state index is 0. The summed E-state index contributed by atoms with van der Waals surface area (Å²) in [5, 5.41) is 0.556. The van der Waals surface area contributed by atoms with Gasteiger partial charge in [-0.2, -0.15) is 0 Å². The number of ether oxygens (including phenoxy) is 2. The smallest absolute Gasteiger partial charge is 0.776 e. The molecule has 140 valence electrons. The predicted molar refractivity (Wildman–Crippen MR) is 91.8 cm³/mol. The first-order valence-electron chi connectivity index (χ1n) is 7.12. The van der Waals surface area contributed by atoms with Crippen LogP contribution in [0.4, 0.5) is 4.39 Å². The van der Waals surface area contributed by atoms with Crippen molar-refractivity contribution in [3.63, 3.8) is 0 Å². The van der Waals surface area contributed by atoms with Gasteiger partial charge in [0.15, 0.2) is 20.0 Å². The third-order valence-electron chi connectivity index (χ3n) is 3.18. The van der Waals surface area contributed by atoms with Crippen LogP contribution in [0.15, 0.2) is 42.5 Å². The Morgan fingerprint density at radius 2 is 1.85 bits per heavy atom. The molecule has 0 aliphatic carbocycles. The van der Waals surface area contributed by atoms with Gasteiger partial charge in [-0.25, -0.2) is 9.18 Å². The molecule has 0 heterocycles. The molecule has 0 aromatic heterocycles. The molecule has 0 aliphatic heterocycles. The molecule has 0 spiro atoms. The first kappa shape index (κ1) is 24.4. The Labute approximate surface area is 187 Å². The number of rotatable bonds is 7. The second kappa shape index (κ2) is 10.8. The Morgan fingerprint density at radius 1 is 1.22 bits per heavy atom. The third-order valence-corrected chi connectivity index (χ3v) is 5.20. The normalized spacial score (nSPS) is 13.8. The van der Waals surface area contributed by atoms with Gasteiger partial charge in [-0.3, -0.25) is 0 Å². The van der Waals surface area contributed by atoms with Crippen LogP contribution in [0.2, 0.25) is 10.0 Å². The zero-order valence-corrected chi connectivity index (χ0v) is 18.8. The van der Waals surface area contributed by atoms with Crippen LogP contribution >= 0.6 is 30.8 Å². The molecule has 11 heteroatoms. The summed E-state index contributed by atoms with van der Waals surface area (Å²) in [4.78, 5) is 24.0. The Balaban J connectivity index is 0.00000364. The Kier molecular flexibility index (Phi) is 9.75. The summed E-state index contributed by atoms with van der Waals surface area (Å²) in [5.41, 5.74) is 0.0319. The van der Waals surface area contributed by atoms with E-state index in [1.807, 2.05) is 0 Å². The summed E-state index contributed by atoms with van der Waals surface area (Å²) in [6.45, 7) is -0.608. The van der Waals surface area contributed by atoms with Crippen LogP contribution in [0, 0.1) is 5.82 Å². The first-order valence-corrected chi connectivity index (χ1v) is 9.49. The van der Waals surface area contributed by atoms with Gasteiger partial charge in [0.05, 0.1) is 5.02 Å². The molecule has 0 fully saturated rings. The van der Waals surface area contributed by atoms with Crippen LogP contribution in [-0.4, -0.2) is 19.7 Å². The van der Waals surface area contributed by atoms with Crippen molar-refractivity contribution in [2.45, 2.75) is 5.85 Å². The van der Waals surface area contributed by atoms with Gasteiger partial charge in [-0.05, 0) is 30.3 Å². The van der Waals surface area contributed by atoms with E-state index in [0.29, 0.717) is 5.02 Å². The van der Waals surface area contributed by atoms with E-state index in [1.165, 1.54) is 30.3 Å². The van der Waals surface area contributed by atoms with E-state index in [4.69, 9.17) is 32.7 Å². The minimum atomic E-state index is -4.60. The molecule has 0 radical (unpaired) electrons. The van der Waals surface area contributed by atoms with E-state index in [0.717, 1.165) is 19.2 Å². The van der Waals surface area contributed by atoms with Crippen molar-refractivity contribution in [1.82, 2.24) is 0 Å². The van der Waals surface area contributed by atoms with Crippen LogP contribution in [0.3, 0.4) is 0 Å². The fraction of sp³-hybridized carbons (Fsp3) is 0.188. The fourth-order valence-electron chi connectivity index (χ4n) is 1.93. The Hall–Kier alpha value is -0.630. The van der Waals surface area contributed by atoms with Crippen LogP contribution in [0.5, 0.6) is 5.75 Å². The van der Waals surface area contributed by atoms with Crippen molar-refractivity contribution in [2.24, 2.45) is 0 Å². The number of hydrogen-bond donors (Lipinski definition) is 0. The monoisotopic (exact) mass is 444 g/mol. The van der Waals surface area contributed by atoms with Gasteiger partial charge in [0.1, 0.15) is 11.6 Å². The van der Waals surface area contributed by atoms with Gasteiger partial charge in [0.2, 0.25) is 0 Å². The predicted octanol–water partition coefficient (Wildman–Crippen LogP) is 0.957. The van der Waals surface area contributed by atoms with Crippen LogP contribution in [0.25, 0.3) is 0 Å². The van der Waals surface area contributed by atoms with Crippen molar-refractivity contribution in [3.05, 3.63) is 63.9 Å². The average Bonchev–Trinajstić information content (AvgIpc) is 2.59. The molecule has 0 bridgehead atoms. The third kappa shape index (κ3) is 7.04. The maximum atomic E-state index is 13.0. The Morgan fingerprint density at radius 3 is 2.41 bits per heavy atom. The molecule has 2 aromatic rings. The van der Waals surface area contributed by atoms with E-state index < -0.39 is 31.8 Å². The number of carbonyl (C=O) groups excluding carboxylic acids is 1. The summed E-state index contributed by atoms with van der Waals surface area (Å²) in [6.07, 6.45) is 0. The maximum absolute atomic E-state index is 13.0. The molecule has 0 aliphatic rings. The van der Waals surface area contributed by atoms with Gasteiger partial charge < -0.3 is 23.5 Å². The first-order chi connectivity index (χ1) is 12.2. The Bertz CT molecular complexity index is 836. The van der Waals surface area contributed by atoms with Gasteiger partial charge in [-0.15, -0.1) is 0 Å². The summed E-state index contributed by atoms with van der Waals surface area (Å²) >= 11 is 11.7. The maximum Gasteiger partial charge on any atom is 1.00 e. The van der Waals surface area contributed by atoms with E-state index >= 15 is 0 Å². The summed E-state index contributed by atoms with van der Waals surface area (Å²) in [5.74, 6) is -3.13. The van der Waals surface area contributed by atoms with E-state index in [9.17, 15) is 18.6 Å². The van der Waals surface area contributed by atoms with Gasteiger partial charge in [-0.1, -0.05) is 35.3 Å². The SMILES string of the molecule is COP(=O)([O-])C(OC(=O)COc1ccc(Cl)cc1Cl)c1ccc(F)cc1.[Na+]. The molecule has 0 N–H and O–H groups in total. The largest absolute Gasteiger partial charge is 1.00 e. The van der Waals surface area contributed by atoms with Crippen molar-refractivity contribution in [1.29, 1.82) is 0 Å². The molecule has 2 aromatic carbocycles. The summed E-state index contributed by atoms with van der Waals surface area (Å²) in [7, 11) is -3.67. The van der Waals surface area contributed by atoms with Crippen LogP contribution < -0.4 is 39.2 Å². The van der Waals surface area contributed by atoms with Crippen molar-refractivity contribution in [2.75, 3.05) is 13.7 Å². The number of esters is 1. The van der Waals surface area contributed by atoms with Crippen molar-refractivity contribution in [3.8, 4) is 5.75 Å². The summed E-state index contributed by atoms with van der Waals surface area (Å²) in [6, 6.07) is 8.80. The van der Waals surface area contributed by atoms with Gasteiger partial charge >= 0.3 is 35.5 Å². The number of hydrogen-bond acceptors (Lipinski definition) is 6. The zero-order chi connectivity index (χ0) is 19.3. The van der Waals surface area contributed by atoms with E-state index in [1.54, 1.807) is 0 Å². The standard InChI is InChI=1S/C16H14Cl2FO6P.Na/c1-23-26(21,22)16(10-2-5-12(19)6-3-10)25-15(20)9-24-14-7-4-11(17)8-13(14)18;/h2-8,16H,9H2,1H3,(H,21,22);/q;+1/p-1. The molecular formula is C16H13Cl2FNaO6P. The number of benzene rings is 2. The number of halogens is 3. The second-order valence-corrected chi connectivity index (χ2v) is 7.74. The molecule has 27 heavy (non-hydrogen) atoms. The number of carbonyl (C=O) groups is 1. The molecule has 0 saturated heterocycles. The molecule has 0 saturated carbocycles. The fourth-order valence-corrected chi connectivity index (χ4v) is 3.36. The molecular weight excluding hydrogens is 432 g/mol. The van der Waals surface area contributed by atoms with Crippen LogP contribution in [0.1, 0.15) is 11.4 Å². The van der Waals surface area contributed by atoms with Crippen molar-refractivity contribution < 1.29 is 62.2 Å². The minimum Gasteiger partial charge on any atom is -0.776 e. The molecule has 6 nitrogen and oxygen atoms in total. The van der Waals surface area contributed by atoms with Gasteiger partial charge in [0.25, 0.3) is 0 Å². The van der Waals surface area contributed by atoms with Crippen molar-refractivity contribution >= 4 is 36.8 Å². The summed E-state index contributed by atoms with van der Waals surface area (Å²) < 4.78 is 39.7. The quantitative estimate of drug-likeness (QED) is 0.359.